The van der Waals surface area contributed by atoms with Gasteiger partial charge in [0.2, 0.25) is 5.91 Å². The van der Waals surface area contributed by atoms with Crippen molar-refractivity contribution in [2.75, 3.05) is 34.0 Å². The van der Waals surface area contributed by atoms with E-state index in [0.29, 0.717) is 26.0 Å². The van der Waals surface area contributed by atoms with Crippen LogP contribution < -0.4 is 11.1 Å². The number of nitrogens with two attached hydrogens (primary N) is 1. The lowest BCUT2D eigenvalue weighted by atomic mass is 10.1. The van der Waals surface area contributed by atoms with Crippen molar-refractivity contribution in [3.63, 3.8) is 0 Å². The zero-order valence-electron chi connectivity index (χ0n) is 10.6. The van der Waals surface area contributed by atoms with Gasteiger partial charge in [-0.05, 0) is 19.3 Å². The molecule has 0 aromatic carbocycles. The molecule has 0 spiro atoms. The minimum absolute atomic E-state index is 0.189. The zero-order valence-corrected chi connectivity index (χ0v) is 10.6. The van der Waals surface area contributed by atoms with Crippen molar-refractivity contribution in [1.29, 1.82) is 0 Å². The maximum absolute atomic E-state index is 11.5. The summed E-state index contributed by atoms with van der Waals surface area (Å²) < 4.78 is 9.65. The predicted molar refractivity (Wildman–Crippen MR) is 64.6 cm³/mol. The number of methoxy groups -OCH3 is 2. The van der Waals surface area contributed by atoms with Gasteiger partial charge in [0.15, 0.2) is 0 Å². The van der Waals surface area contributed by atoms with Gasteiger partial charge in [0.25, 0.3) is 0 Å². The van der Waals surface area contributed by atoms with E-state index in [4.69, 9.17) is 15.2 Å². The topological polar surface area (TPSA) is 93.8 Å². The van der Waals surface area contributed by atoms with Crippen molar-refractivity contribution in [2.24, 2.45) is 5.73 Å². The molecule has 0 aliphatic carbocycles. The summed E-state index contributed by atoms with van der Waals surface area (Å²) in [4.78, 5) is 11.5. The van der Waals surface area contributed by atoms with Crippen LogP contribution in [0.2, 0.25) is 0 Å². The first kappa shape index (κ1) is 16.3. The van der Waals surface area contributed by atoms with Crippen LogP contribution >= 0.6 is 0 Å². The number of aliphatic hydroxyl groups excluding tert-OH is 1. The Kier molecular flexibility index (Phi) is 10.0. The van der Waals surface area contributed by atoms with Gasteiger partial charge in [-0.25, -0.2) is 0 Å². The summed E-state index contributed by atoms with van der Waals surface area (Å²) in [5.74, 6) is -0.189. The minimum atomic E-state index is -0.551. The molecule has 6 heteroatoms. The number of nitrogens with one attached hydrogen (secondary N) is 1. The molecule has 0 rings (SSSR count). The van der Waals surface area contributed by atoms with Crippen molar-refractivity contribution in [2.45, 2.75) is 31.4 Å². The van der Waals surface area contributed by atoms with Gasteiger partial charge in [-0.15, -0.1) is 0 Å². The van der Waals surface area contributed by atoms with Gasteiger partial charge in [0.05, 0.1) is 18.8 Å². The second-order valence-electron chi connectivity index (χ2n) is 3.93. The Bertz CT molecular complexity index is 202. The molecule has 0 aromatic rings. The summed E-state index contributed by atoms with van der Waals surface area (Å²) in [7, 11) is 3.14. The molecule has 0 aliphatic heterocycles. The van der Waals surface area contributed by atoms with E-state index in [1.54, 1.807) is 7.11 Å². The lowest BCUT2D eigenvalue weighted by Gasteiger charge is -2.13. The maximum Gasteiger partial charge on any atom is 0.236 e. The molecule has 102 valence electrons. The number of rotatable bonds is 10. The average Bonchev–Trinajstić information content (AvgIpc) is 2.29. The highest BCUT2D eigenvalue weighted by Crippen LogP contribution is 1.96. The van der Waals surface area contributed by atoms with Crippen molar-refractivity contribution >= 4 is 5.91 Å². The van der Waals surface area contributed by atoms with E-state index in [9.17, 15) is 9.90 Å². The number of carbonyl (C=O) groups excluding carboxylic acids is 1. The molecule has 17 heavy (non-hydrogen) atoms. The van der Waals surface area contributed by atoms with E-state index in [-0.39, 0.29) is 12.5 Å². The van der Waals surface area contributed by atoms with Crippen LogP contribution in [0.1, 0.15) is 19.3 Å². The molecule has 4 N–H and O–H groups in total. The Balaban J connectivity index is 3.56. The summed E-state index contributed by atoms with van der Waals surface area (Å²) in [5.41, 5.74) is 5.68. The van der Waals surface area contributed by atoms with Gasteiger partial charge < -0.3 is 25.6 Å². The molecule has 0 bridgehead atoms. The van der Waals surface area contributed by atoms with Gasteiger partial charge in [-0.2, -0.15) is 0 Å². The first-order valence-electron chi connectivity index (χ1n) is 5.81. The van der Waals surface area contributed by atoms with Crippen LogP contribution in [0.4, 0.5) is 0 Å². The average molecular weight is 248 g/mol. The highest BCUT2D eigenvalue weighted by atomic mass is 16.5. The molecule has 0 saturated heterocycles. The van der Waals surface area contributed by atoms with E-state index in [2.05, 4.69) is 5.32 Å². The highest BCUT2D eigenvalue weighted by Gasteiger charge is 2.12. The largest absolute Gasteiger partial charge is 0.391 e. The molecule has 0 aromatic heterocycles. The second kappa shape index (κ2) is 10.5. The van der Waals surface area contributed by atoms with Gasteiger partial charge in [-0.3, -0.25) is 4.79 Å². The Morgan fingerprint density at radius 2 is 2.06 bits per heavy atom. The van der Waals surface area contributed by atoms with Crippen LogP contribution in [0, 0.1) is 0 Å². The molecular weight excluding hydrogens is 224 g/mol. The van der Waals surface area contributed by atoms with E-state index in [1.807, 2.05) is 0 Å². The molecule has 1 amide bonds. The van der Waals surface area contributed by atoms with Crippen molar-refractivity contribution in [1.82, 2.24) is 5.32 Å². The number of aliphatic hydroxyl groups is 1. The normalized spacial score (nSPS) is 14.4. The van der Waals surface area contributed by atoms with Crippen LogP contribution in [0.3, 0.4) is 0 Å². The van der Waals surface area contributed by atoms with Gasteiger partial charge in [-0.1, -0.05) is 0 Å². The monoisotopic (exact) mass is 248 g/mol. The second-order valence-corrected chi connectivity index (χ2v) is 3.93. The van der Waals surface area contributed by atoms with Gasteiger partial charge >= 0.3 is 0 Å². The molecule has 0 saturated carbocycles. The molecular formula is C11H24N2O4. The molecule has 0 aliphatic rings. The fraction of sp³-hybridized carbons (Fsp3) is 0.909. The highest BCUT2D eigenvalue weighted by molar-refractivity contribution is 5.81. The van der Waals surface area contributed by atoms with Crippen LogP contribution in [0.5, 0.6) is 0 Å². The summed E-state index contributed by atoms with van der Waals surface area (Å²) in [6, 6.07) is -0.510. The number of ether oxygens (including phenoxy) is 2. The summed E-state index contributed by atoms with van der Waals surface area (Å²) >= 11 is 0. The Morgan fingerprint density at radius 3 is 2.65 bits per heavy atom. The number of amides is 1. The first-order valence-corrected chi connectivity index (χ1v) is 5.81. The summed E-state index contributed by atoms with van der Waals surface area (Å²) in [6.07, 6.45) is 1.27. The smallest absolute Gasteiger partial charge is 0.236 e. The lowest BCUT2D eigenvalue weighted by Crippen LogP contribution is -2.41. The molecule has 2 atom stereocenters. The van der Waals surface area contributed by atoms with Crippen LogP contribution in [0.25, 0.3) is 0 Å². The molecule has 0 fully saturated rings. The van der Waals surface area contributed by atoms with E-state index in [0.717, 1.165) is 6.42 Å². The number of carbonyl (C=O) groups is 1. The van der Waals surface area contributed by atoms with E-state index >= 15 is 0 Å². The summed E-state index contributed by atoms with van der Waals surface area (Å²) in [6.45, 7) is 1.28. The molecule has 0 heterocycles. The lowest BCUT2D eigenvalue weighted by molar-refractivity contribution is -0.122. The van der Waals surface area contributed by atoms with Crippen LogP contribution in [-0.2, 0) is 14.3 Å². The Morgan fingerprint density at radius 1 is 1.35 bits per heavy atom. The standard InChI is InChI=1S/C11H24N2O4/c1-16-7-3-4-10(12)11(15)13-6-5-9(14)8-17-2/h9-10,14H,3-8,12H2,1-2H3,(H,13,15). The summed E-state index contributed by atoms with van der Waals surface area (Å²) in [5, 5.41) is 12.0. The van der Waals surface area contributed by atoms with Crippen LogP contribution in [0.15, 0.2) is 0 Å². The zero-order chi connectivity index (χ0) is 13.1. The van der Waals surface area contributed by atoms with Crippen molar-refractivity contribution in [3.05, 3.63) is 0 Å². The third-order valence-corrected chi connectivity index (χ3v) is 2.34. The first-order chi connectivity index (χ1) is 8.11. The fourth-order valence-electron chi connectivity index (χ4n) is 1.35. The minimum Gasteiger partial charge on any atom is -0.391 e. The van der Waals surface area contributed by atoms with Gasteiger partial charge in [0, 0.05) is 27.4 Å². The third kappa shape index (κ3) is 9.05. The van der Waals surface area contributed by atoms with E-state index < -0.39 is 12.1 Å². The Labute approximate surface area is 102 Å². The fourth-order valence-corrected chi connectivity index (χ4v) is 1.35. The van der Waals surface area contributed by atoms with Gasteiger partial charge in [0.1, 0.15) is 0 Å². The molecule has 2 unspecified atom stereocenters. The van der Waals surface area contributed by atoms with Crippen molar-refractivity contribution in [3.8, 4) is 0 Å². The van der Waals surface area contributed by atoms with E-state index in [1.165, 1.54) is 7.11 Å². The molecule has 0 radical (unpaired) electrons. The predicted octanol–water partition coefficient (Wildman–Crippen LogP) is -0.746. The third-order valence-electron chi connectivity index (χ3n) is 2.34. The SMILES string of the molecule is COCCCC(N)C(=O)NCCC(O)COC. The molecule has 6 nitrogen and oxygen atoms in total. The maximum atomic E-state index is 11.5. The van der Waals surface area contributed by atoms with Crippen molar-refractivity contribution < 1.29 is 19.4 Å². The Hall–Kier alpha value is -0.690. The van der Waals surface area contributed by atoms with Crippen LogP contribution in [-0.4, -0.2) is 57.1 Å². The quantitative estimate of drug-likeness (QED) is 0.442. The number of hydrogen-bond acceptors (Lipinski definition) is 5. The number of hydrogen-bond donors (Lipinski definition) is 3.